The van der Waals surface area contributed by atoms with Crippen molar-refractivity contribution in [3.8, 4) is 0 Å². The van der Waals surface area contributed by atoms with E-state index in [-0.39, 0.29) is 17.7 Å². The molecule has 6 heteroatoms. The fraction of sp³-hybridized carbons (Fsp3) is 0.615. The van der Waals surface area contributed by atoms with Gasteiger partial charge in [-0.15, -0.1) is 0 Å². The van der Waals surface area contributed by atoms with Crippen LogP contribution in [0.15, 0.2) is 30.3 Å². The summed E-state index contributed by atoms with van der Waals surface area (Å²) < 4.78 is 12.5. The lowest BCUT2D eigenvalue weighted by molar-refractivity contribution is -0.120. The van der Waals surface area contributed by atoms with E-state index >= 15 is 0 Å². The lowest BCUT2D eigenvalue weighted by atomic mass is 9.90. The predicted molar refractivity (Wildman–Crippen MR) is 132 cm³/mol. The number of ether oxygens (including phenoxy) is 1. The fourth-order valence-electron chi connectivity index (χ4n) is 5.92. The molecule has 32 heavy (non-hydrogen) atoms. The molecule has 1 amide bonds. The van der Waals surface area contributed by atoms with E-state index in [1.54, 1.807) is 4.90 Å². The zero-order valence-electron chi connectivity index (χ0n) is 20.7. The monoisotopic (exact) mass is 457 g/mol. The molecule has 1 fully saturated rings. The van der Waals surface area contributed by atoms with Crippen LogP contribution in [0.5, 0.6) is 0 Å². The Morgan fingerprint density at radius 1 is 1.09 bits per heavy atom. The van der Waals surface area contributed by atoms with Gasteiger partial charge < -0.3 is 9.16 Å². The fourth-order valence-corrected chi connectivity index (χ4v) is 11.2. The Labute approximate surface area is 194 Å². The number of hydrogen-bond donors (Lipinski definition) is 0. The Balaban J connectivity index is 2.17. The highest BCUT2D eigenvalue weighted by Crippen LogP contribution is 2.48. The number of para-hydroxylation sites is 1. The number of nitrogens with zero attached hydrogens (tertiary/aromatic N) is 1. The van der Waals surface area contributed by atoms with Crippen LogP contribution in [-0.4, -0.2) is 32.8 Å². The molecule has 2 aliphatic rings. The molecular formula is C26H39NO4Si. The highest BCUT2D eigenvalue weighted by Gasteiger charge is 2.49. The van der Waals surface area contributed by atoms with Gasteiger partial charge in [0.05, 0.1) is 18.3 Å². The average Bonchev–Trinajstić information content (AvgIpc) is 3.16. The first kappa shape index (κ1) is 24.6. The molecule has 0 radical (unpaired) electrons. The molecule has 2 atom stereocenters. The predicted octanol–water partition coefficient (Wildman–Crippen LogP) is 6.93. The van der Waals surface area contributed by atoms with E-state index < -0.39 is 14.4 Å². The molecule has 1 aliphatic heterocycles. The smallest absolute Gasteiger partial charge is 0.414 e. The number of anilines is 1. The van der Waals surface area contributed by atoms with Crippen molar-refractivity contribution in [1.29, 1.82) is 0 Å². The molecule has 0 spiro atoms. The second-order valence-electron chi connectivity index (χ2n) is 9.99. The summed E-state index contributed by atoms with van der Waals surface area (Å²) in [6.07, 6.45) is 3.87. The van der Waals surface area contributed by atoms with Gasteiger partial charge in [0.15, 0.2) is 0 Å². The highest BCUT2D eigenvalue weighted by molar-refractivity contribution is 6.78. The van der Waals surface area contributed by atoms with Gasteiger partial charge in [-0.25, -0.2) is 4.79 Å². The number of fused-ring (bicyclic) bond motifs is 1. The Kier molecular flexibility index (Phi) is 7.53. The molecule has 5 nitrogen and oxygen atoms in total. The molecule has 176 valence electrons. The summed E-state index contributed by atoms with van der Waals surface area (Å²) in [7, 11) is -2.22. The topological polar surface area (TPSA) is 55.8 Å². The third kappa shape index (κ3) is 4.26. The number of carbonyl (C=O) groups excluding carboxylic acids is 2. The van der Waals surface area contributed by atoms with Crippen molar-refractivity contribution < 1.29 is 18.8 Å². The Morgan fingerprint density at radius 3 is 2.25 bits per heavy atom. The molecule has 0 bridgehead atoms. The van der Waals surface area contributed by atoms with Gasteiger partial charge in [-0.05, 0) is 54.6 Å². The van der Waals surface area contributed by atoms with Crippen molar-refractivity contribution in [1.82, 2.24) is 0 Å². The maximum absolute atomic E-state index is 13.1. The van der Waals surface area contributed by atoms with Crippen molar-refractivity contribution in [2.45, 2.75) is 90.4 Å². The Morgan fingerprint density at radius 2 is 1.72 bits per heavy atom. The number of Topliss-reactive ketones (excluding diaryl/α,β-unsaturated/α-hetero) is 1. The van der Waals surface area contributed by atoms with Crippen molar-refractivity contribution in [2.24, 2.45) is 5.92 Å². The van der Waals surface area contributed by atoms with E-state index in [9.17, 15) is 9.59 Å². The number of amides is 1. The van der Waals surface area contributed by atoms with E-state index in [2.05, 4.69) is 41.5 Å². The van der Waals surface area contributed by atoms with Gasteiger partial charge in [0.2, 0.25) is 0 Å². The van der Waals surface area contributed by atoms with Crippen LogP contribution in [0.3, 0.4) is 0 Å². The second-order valence-corrected chi connectivity index (χ2v) is 15.4. The molecule has 1 aromatic carbocycles. The van der Waals surface area contributed by atoms with Gasteiger partial charge in [0.1, 0.15) is 11.5 Å². The summed E-state index contributed by atoms with van der Waals surface area (Å²) in [4.78, 5) is 27.6. The van der Waals surface area contributed by atoms with Crippen molar-refractivity contribution in [3.05, 3.63) is 35.9 Å². The number of carbonyl (C=O) groups is 2. The highest BCUT2D eigenvalue weighted by atomic mass is 28.4. The van der Waals surface area contributed by atoms with E-state index in [0.717, 1.165) is 29.9 Å². The zero-order chi connectivity index (χ0) is 23.6. The summed E-state index contributed by atoms with van der Waals surface area (Å²) in [5.74, 6) is 0.826. The van der Waals surface area contributed by atoms with Crippen LogP contribution < -0.4 is 4.90 Å². The third-order valence-corrected chi connectivity index (χ3v) is 13.3. The van der Waals surface area contributed by atoms with Crippen LogP contribution in [0, 0.1) is 5.92 Å². The summed E-state index contributed by atoms with van der Waals surface area (Å²) >= 11 is 0. The lowest BCUT2D eigenvalue weighted by Crippen LogP contribution is -2.50. The number of hydrogen-bond acceptors (Lipinski definition) is 4. The number of ketones is 1. The first-order valence-electron chi connectivity index (χ1n) is 12.1. The Bertz CT molecular complexity index is 855. The minimum absolute atomic E-state index is 0.222. The molecule has 0 N–H and O–H groups in total. The minimum Gasteiger partial charge on any atom is -0.542 e. The molecule has 0 saturated heterocycles. The standard InChI is InChI=1S/C26H39NO4Si/c1-8-30-26(29)27-22-14-10-9-12-21(22)25(16-23(27)20-13-11-15-24(20)28)31-32(17(2)3,18(4)5)19(6)7/h9-10,12,14,16-20,23H,8,11,13,15H2,1-7H3. The van der Waals surface area contributed by atoms with E-state index in [1.807, 2.05) is 37.3 Å². The van der Waals surface area contributed by atoms with Crippen LogP contribution in [0.25, 0.3) is 5.76 Å². The van der Waals surface area contributed by atoms with Gasteiger partial charge in [0.25, 0.3) is 8.32 Å². The maximum Gasteiger partial charge on any atom is 0.414 e. The summed E-state index contributed by atoms with van der Waals surface area (Å²) in [6, 6.07) is 7.48. The summed E-state index contributed by atoms with van der Waals surface area (Å²) in [5.41, 5.74) is 2.94. The van der Waals surface area contributed by atoms with Crippen LogP contribution in [0.2, 0.25) is 16.6 Å². The average molecular weight is 458 g/mol. The molecule has 1 heterocycles. The van der Waals surface area contributed by atoms with Crippen molar-refractivity contribution in [2.75, 3.05) is 11.5 Å². The van der Waals surface area contributed by atoms with Crippen molar-refractivity contribution >= 4 is 31.6 Å². The van der Waals surface area contributed by atoms with Crippen LogP contribution >= 0.6 is 0 Å². The van der Waals surface area contributed by atoms with Crippen LogP contribution in [0.4, 0.5) is 10.5 Å². The Hall–Kier alpha value is -2.08. The maximum atomic E-state index is 13.1. The summed E-state index contributed by atoms with van der Waals surface area (Å²) in [6.45, 7) is 15.7. The van der Waals surface area contributed by atoms with Gasteiger partial charge in [0, 0.05) is 17.9 Å². The van der Waals surface area contributed by atoms with Gasteiger partial charge in [-0.1, -0.05) is 53.7 Å². The lowest BCUT2D eigenvalue weighted by Gasteiger charge is -2.45. The molecule has 0 aromatic heterocycles. The number of rotatable bonds is 7. The van der Waals surface area contributed by atoms with E-state index in [1.165, 1.54) is 0 Å². The van der Waals surface area contributed by atoms with Gasteiger partial charge in [-0.2, -0.15) is 0 Å². The molecule has 3 rings (SSSR count). The third-order valence-electron chi connectivity index (χ3n) is 7.27. The number of benzene rings is 1. The van der Waals surface area contributed by atoms with E-state index in [0.29, 0.717) is 29.7 Å². The zero-order valence-corrected chi connectivity index (χ0v) is 21.7. The molecule has 2 unspecified atom stereocenters. The van der Waals surface area contributed by atoms with Crippen LogP contribution in [-0.2, 0) is 14.0 Å². The minimum atomic E-state index is -2.22. The normalized spacial score (nSPS) is 21.2. The molecular weight excluding hydrogens is 418 g/mol. The molecule has 1 saturated carbocycles. The van der Waals surface area contributed by atoms with Crippen LogP contribution in [0.1, 0.15) is 73.3 Å². The first-order valence-corrected chi connectivity index (χ1v) is 14.3. The quantitative estimate of drug-likeness (QED) is 0.416. The van der Waals surface area contributed by atoms with Crippen molar-refractivity contribution in [3.63, 3.8) is 0 Å². The molecule has 1 aromatic rings. The van der Waals surface area contributed by atoms with E-state index in [4.69, 9.17) is 9.16 Å². The van der Waals surface area contributed by atoms with Gasteiger partial charge >= 0.3 is 6.09 Å². The second kappa shape index (κ2) is 9.82. The largest absolute Gasteiger partial charge is 0.542 e. The SMILES string of the molecule is CCOC(=O)N1c2ccccc2C(O[Si](C(C)C)(C(C)C)C(C)C)=CC1C1CCCC1=O. The first-order chi connectivity index (χ1) is 15.1. The molecule has 1 aliphatic carbocycles. The van der Waals surface area contributed by atoms with Gasteiger partial charge in [-0.3, -0.25) is 9.69 Å². The summed E-state index contributed by atoms with van der Waals surface area (Å²) in [5, 5.41) is 0.